The van der Waals surface area contributed by atoms with Crippen LogP contribution in [-0.4, -0.2) is 45.1 Å². The van der Waals surface area contributed by atoms with E-state index in [4.69, 9.17) is 4.74 Å². The summed E-state index contributed by atoms with van der Waals surface area (Å²) in [6, 6.07) is 0. The maximum absolute atomic E-state index is 11.7. The first-order valence-corrected chi connectivity index (χ1v) is 9.52. The Balaban J connectivity index is 2.67. The average Bonchev–Trinajstić information content (AvgIpc) is 2.39. The molecule has 0 bridgehead atoms. The van der Waals surface area contributed by atoms with Crippen LogP contribution in [0, 0.1) is 11.8 Å². The van der Waals surface area contributed by atoms with Crippen molar-refractivity contribution in [1.29, 1.82) is 0 Å². The quantitative estimate of drug-likeness (QED) is 0.724. The van der Waals surface area contributed by atoms with Crippen LogP contribution in [-0.2, 0) is 19.4 Å². The molecule has 1 N–H and O–H groups in total. The van der Waals surface area contributed by atoms with Gasteiger partial charge in [-0.2, -0.15) is 0 Å². The lowest BCUT2D eigenvalue weighted by Gasteiger charge is -2.38. The number of nitrogens with one attached hydrogen (secondary N) is 1. The summed E-state index contributed by atoms with van der Waals surface area (Å²) in [4.78, 5) is 11.7. The predicted molar refractivity (Wildman–Crippen MR) is 83.9 cm³/mol. The van der Waals surface area contributed by atoms with Crippen molar-refractivity contribution in [3.05, 3.63) is 0 Å². The van der Waals surface area contributed by atoms with Gasteiger partial charge in [0.1, 0.15) is 9.84 Å². The Morgan fingerprint density at radius 2 is 1.81 bits per heavy atom. The molecule has 1 aliphatic heterocycles. The van der Waals surface area contributed by atoms with Crippen molar-refractivity contribution in [2.45, 2.75) is 52.0 Å². The normalized spacial score (nSPS) is 22.0. The zero-order valence-electron chi connectivity index (χ0n) is 13.6. The lowest BCUT2D eigenvalue weighted by Crippen LogP contribution is -2.53. The molecule has 0 saturated carbocycles. The van der Waals surface area contributed by atoms with Crippen LogP contribution in [0.15, 0.2) is 0 Å². The monoisotopic (exact) mass is 319 g/mol. The van der Waals surface area contributed by atoms with Gasteiger partial charge in [-0.25, -0.2) is 8.42 Å². The van der Waals surface area contributed by atoms with E-state index in [0.29, 0.717) is 24.7 Å². The SMILES string of the molecule is COC(=O)CC1(NCC(C)CC(C)C)CCS(=O)(=O)CC1. The highest BCUT2D eigenvalue weighted by Gasteiger charge is 2.39. The lowest BCUT2D eigenvalue weighted by atomic mass is 9.87. The predicted octanol–water partition coefficient (Wildman–Crippen LogP) is 1.77. The third-order valence-electron chi connectivity index (χ3n) is 4.19. The molecule has 1 heterocycles. The molecule has 1 fully saturated rings. The molecule has 5 nitrogen and oxygen atoms in total. The second-order valence-electron chi connectivity index (χ2n) is 6.80. The third kappa shape index (κ3) is 6.34. The number of rotatable bonds is 7. The van der Waals surface area contributed by atoms with Crippen molar-refractivity contribution in [3.8, 4) is 0 Å². The maximum atomic E-state index is 11.7. The maximum Gasteiger partial charge on any atom is 0.307 e. The van der Waals surface area contributed by atoms with E-state index in [-0.39, 0.29) is 23.9 Å². The van der Waals surface area contributed by atoms with E-state index in [9.17, 15) is 13.2 Å². The first-order valence-electron chi connectivity index (χ1n) is 7.70. The molecule has 0 aromatic rings. The summed E-state index contributed by atoms with van der Waals surface area (Å²) in [5, 5.41) is 3.48. The van der Waals surface area contributed by atoms with Gasteiger partial charge >= 0.3 is 5.97 Å². The van der Waals surface area contributed by atoms with Gasteiger partial charge in [-0.15, -0.1) is 0 Å². The molecular formula is C15H29NO4S. The molecule has 0 amide bonds. The first-order chi connectivity index (χ1) is 9.68. The Morgan fingerprint density at radius 3 is 2.29 bits per heavy atom. The molecule has 0 aromatic carbocycles. The van der Waals surface area contributed by atoms with Gasteiger partial charge in [0.15, 0.2) is 0 Å². The minimum Gasteiger partial charge on any atom is -0.469 e. The van der Waals surface area contributed by atoms with E-state index >= 15 is 0 Å². The van der Waals surface area contributed by atoms with Crippen LogP contribution in [0.1, 0.15) is 46.5 Å². The molecule has 124 valence electrons. The number of sulfone groups is 1. The lowest BCUT2D eigenvalue weighted by molar-refractivity contribution is -0.142. The number of hydrogen-bond donors (Lipinski definition) is 1. The number of esters is 1. The van der Waals surface area contributed by atoms with Gasteiger partial charge in [0.05, 0.1) is 25.0 Å². The molecular weight excluding hydrogens is 290 g/mol. The minimum absolute atomic E-state index is 0.148. The topological polar surface area (TPSA) is 72.5 Å². The summed E-state index contributed by atoms with van der Waals surface area (Å²) < 4.78 is 28.0. The highest BCUT2D eigenvalue weighted by atomic mass is 32.2. The summed E-state index contributed by atoms with van der Waals surface area (Å²) in [6.45, 7) is 7.36. The molecule has 1 aliphatic rings. The second-order valence-corrected chi connectivity index (χ2v) is 9.10. The van der Waals surface area contributed by atoms with Gasteiger partial charge in [0, 0.05) is 5.54 Å². The standard InChI is InChI=1S/C15H29NO4S/c1-12(2)9-13(3)11-16-15(10-14(17)20-4)5-7-21(18,19)8-6-15/h12-13,16H,5-11H2,1-4H3. The van der Waals surface area contributed by atoms with E-state index in [1.165, 1.54) is 7.11 Å². The van der Waals surface area contributed by atoms with Gasteiger partial charge in [0.2, 0.25) is 0 Å². The molecule has 1 atom stereocenters. The molecule has 1 saturated heterocycles. The van der Waals surface area contributed by atoms with E-state index in [1.54, 1.807) is 0 Å². The zero-order chi connectivity index (χ0) is 16.1. The largest absolute Gasteiger partial charge is 0.469 e. The van der Waals surface area contributed by atoms with Crippen molar-refractivity contribution >= 4 is 15.8 Å². The van der Waals surface area contributed by atoms with E-state index in [0.717, 1.165) is 13.0 Å². The number of methoxy groups -OCH3 is 1. The number of carbonyl (C=O) groups excluding carboxylic acids is 1. The van der Waals surface area contributed by atoms with Crippen LogP contribution < -0.4 is 5.32 Å². The Morgan fingerprint density at radius 1 is 1.24 bits per heavy atom. The van der Waals surface area contributed by atoms with Crippen molar-refractivity contribution < 1.29 is 17.9 Å². The van der Waals surface area contributed by atoms with E-state index in [2.05, 4.69) is 26.1 Å². The molecule has 0 aliphatic carbocycles. The van der Waals surface area contributed by atoms with Crippen LogP contribution >= 0.6 is 0 Å². The highest BCUT2D eigenvalue weighted by Crippen LogP contribution is 2.28. The summed E-state index contributed by atoms with van der Waals surface area (Å²) in [7, 11) is -1.57. The van der Waals surface area contributed by atoms with Crippen LogP contribution in [0.5, 0.6) is 0 Å². The number of hydrogen-bond acceptors (Lipinski definition) is 5. The van der Waals surface area contributed by atoms with Crippen LogP contribution in [0.4, 0.5) is 0 Å². The van der Waals surface area contributed by atoms with Crippen molar-refractivity contribution in [3.63, 3.8) is 0 Å². The molecule has 6 heteroatoms. The smallest absolute Gasteiger partial charge is 0.307 e. The van der Waals surface area contributed by atoms with Gasteiger partial charge in [-0.05, 0) is 37.6 Å². The summed E-state index contributed by atoms with van der Waals surface area (Å²) in [6.07, 6.45) is 2.32. The fourth-order valence-corrected chi connectivity index (χ4v) is 4.58. The van der Waals surface area contributed by atoms with Gasteiger partial charge in [-0.3, -0.25) is 4.79 Å². The summed E-state index contributed by atoms with van der Waals surface area (Å²) in [5.74, 6) is 1.15. The van der Waals surface area contributed by atoms with E-state index < -0.39 is 15.4 Å². The molecule has 0 aromatic heterocycles. The molecule has 21 heavy (non-hydrogen) atoms. The molecule has 0 radical (unpaired) electrons. The Bertz CT molecular complexity index is 431. The van der Waals surface area contributed by atoms with Crippen molar-refractivity contribution in [2.75, 3.05) is 25.2 Å². The van der Waals surface area contributed by atoms with Gasteiger partial charge in [0.25, 0.3) is 0 Å². The Kier molecular flexibility index (Phi) is 6.66. The van der Waals surface area contributed by atoms with Crippen molar-refractivity contribution in [1.82, 2.24) is 5.32 Å². The summed E-state index contributed by atoms with van der Waals surface area (Å²) in [5.41, 5.74) is -0.427. The Labute approximate surface area is 128 Å². The van der Waals surface area contributed by atoms with Crippen LogP contribution in [0.2, 0.25) is 0 Å². The first kappa shape index (κ1) is 18.4. The van der Waals surface area contributed by atoms with Crippen LogP contribution in [0.25, 0.3) is 0 Å². The van der Waals surface area contributed by atoms with Gasteiger partial charge in [-0.1, -0.05) is 20.8 Å². The van der Waals surface area contributed by atoms with Crippen molar-refractivity contribution in [2.24, 2.45) is 11.8 Å². The molecule has 0 spiro atoms. The number of ether oxygens (including phenoxy) is 1. The molecule has 1 unspecified atom stereocenters. The number of carbonyl (C=O) groups is 1. The fraction of sp³-hybridized carbons (Fsp3) is 0.933. The van der Waals surface area contributed by atoms with E-state index in [1.807, 2.05) is 0 Å². The minimum atomic E-state index is -2.95. The summed E-state index contributed by atoms with van der Waals surface area (Å²) >= 11 is 0. The highest BCUT2D eigenvalue weighted by molar-refractivity contribution is 7.91. The molecule has 1 rings (SSSR count). The Hall–Kier alpha value is -0.620. The fourth-order valence-electron chi connectivity index (χ4n) is 2.97. The second kappa shape index (κ2) is 7.58. The average molecular weight is 319 g/mol. The zero-order valence-corrected chi connectivity index (χ0v) is 14.5. The third-order valence-corrected chi connectivity index (χ3v) is 5.85. The van der Waals surface area contributed by atoms with Gasteiger partial charge < -0.3 is 10.1 Å². The van der Waals surface area contributed by atoms with Crippen LogP contribution in [0.3, 0.4) is 0 Å².